The van der Waals surface area contributed by atoms with Crippen LogP contribution in [-0.4, -0.2) is 22.0 Å². The highest BCUT2D eigenvalue weighted by Crippen LogP contribution is 2.32. The van der Waals surface area contributed by atoms with E-state index >= 15 is 0 Å². The van der Waals surface area contributed by atoms with Gasteiger partial charge in [-0.15, -0.1) is 0 Å². The monoisotopic (exact) mass is 219 g/mol. The van der Waals surface area contributed by atoms with E-state index in [4.69, 9.17) is 9.52 Å². The molecule has 0 bridgehead atoms. The highest BCUT2D eigenvalue weighted by atomic mass is 19.3. The summed E-state index contributed by atoms with van der Waals surface area (Å²) < 4.78 is 30.7. The third-order valence-corrected chi connectivity index (χ3v) is 2.15. The van der Waals surface area contributed by atoms with Crippen LogP contribution in [0.3, 0.4) is 0 Å². The zero-order chi connectivity index (χ0) is 11.8. The van der Waals surface area contributed by atoms with Crippen LogP contribution in [0.4, 0.5) is 8.78 Å². The Morgan fingerprint density at radius 1 is 1.60 bits per heavy atom. The first-order valence-corrected chi connectivity index (χ1v) is 4.32. The zero-order valence-corrected chi connectivity index (χ0v) is 8.54. The van der Waals surface area contributed by atoms with Crippen molar-refractivity contribution in [3.8, 4) is 0 Å². The summed E-state index contributed by atoms with van der Waals surface area (Å²) in [6, 6.07) is 0. The van der Waals surface area contributed by atoms with E-state index < -0.39 is 17.8 Å². The third kappa shape index (κ3) is 2.31. The van der Waals surface area contributed by atoms with Crippen LogP contribution < -0.4 is 0 Å². The summed E-state index contributed by atoms with van der Waals surface area (Å²) in [5.74, 6) is -5.74. The van der Waals surface area contributed by atoms with Crippen molar-refractivity contribution in [1.29, 1.82) is 0 Å². The SMILES string of the molecule is Cc1oc(C(C)C(C)(F)F)nc1C(=O)O. The van der Waals surface area contributed by atoms with E-state index in [1.54, 1.807) is 0 Å². The lowest BCUT2D eigenvalue weighted by atomic mass is 10.1. The first-order chi connectivity index (χ1) is 6.73. The number of aryl methyl sites for hydroxylation is 1. The second kappa shape index (κ2) is 3.60. The molecule has 1 heterocycles. The maximum atomic E-state index is 12.9. The van der Waals surface area contributed by atoms with Gasteiger partial charge in [0.05, 0.1) is 5.92 Å². The molecule has 1 atom stereocenters. The second-order valence-corrected chi connectivity index (χ2v) is 3.44. The molecule has 0 saturated carbocycles. The Bertz CT molecular complexity index is 381. The van der Waals surface area contributed by atoms with E-state index in [0.717, 1.165) is 6.92 Å². The number of aromatic carboxylic acids is 1. The van der Waals surface area contributed by atoms with Gasteiger partial charge in [0.15, 0.2) is 5.69 Å². The summed E-state index contributed by atoms with van der Waals surface area (Å²) in [5, 5.41) is 8.65. The highest BCUT2D eigenvalue weighted by Gasteiger charge is 2.36. The van der Waals surface area contributed by atoms with E-state index in [0.29, 0.717) is 0 Å². The topological polar surface area (TPSA) is 63.3 Å². The van der Waals surface area contributed by atoms with Gasteiger partial charge in [-0.05, 0) is 13.8 Å². The van der Waals surface area contributed by atoms with E-state index in [1.165, 1.54) is 13.8 Å². The molecule has 4 nitrogen and oxygen atoms in total. The maximum absolute atomic E-state index is 12.9. The van der Waals surface area contributed by atoms with Gasteiger partial charge in [-0.3, -0.25) is 0 Å². The number of hydrogen-bond acceptors (Lipinski definition) is 3. The Morgan fingerprint density at radius 3 is 2.47 bits per heavy atom. The van der Waals surface area contributed by atoms with Gasteiger partial charge < -0.3 is 9.52 Å². The fourth-order valence-corrected chi connectivity index (χ4v) is 1.02. The van der Waals surface area contributed by atoms with Crippen LogP contribution in [0.5, 0.6) is 0 Å². The minimum atomic E-state index is -2.99. The number of carbonyl (C=O) groups is 1. The van der Waals surface area contributed by atoms with Crippen molar-refractivity contribution in [2.24, 2.45) is 0 Å². The highest BCUT2D eigenvalue weighted by molar-refractivity contribution is 5.86. The van der Waals surface area contributed by atoms with Gasteiger partial charge in [-0.2, -0.15) is 0 Å². The van der Waals surface area contributed by atoms with Crippen molar-refractivity contribution in [2.45, 2.75) is 32.6 Å². The summed E-state index contributed by atoms with van der Waals surface area (Å²) in [4.78, 5) is 14.1. The van der Waals surface area contributed by atoms with Crippen molar-refractivity contribution >= 4 is 5.97 Å². The number of rotatable bonds is 3. The molecule has 1 aromatic rings. The lowest BCUT2D eigenvalue weighted by molar-refractivity contribution is -0.0101. The number of hydrogen-bond donors (Lipinski definition) is 1. The molecule has 15 heavy (non-hydrogen) atoms. The van der Waals surface area contributed by atoms with E-state index in [-0.39, 0.29) is 17.3 Å². The molecule has 84 valence electrons. The molecule has 1 unspecified atom stereocenters. The van der Waals surface area contributed by atoms with Crippen LogP contribution >= 0.6 is 0 Å². The molecule has 0 spiro atoms. The molecule has 0 aromatic carbocycles. The Balaban J connectivity index is 3.08. The standard InChI is InChI=1S/C9H11F2NO3/c1-4(9(3,10)11)7-12-6(8(13)14)5(2)15-7/h4H,1-3H3,(H,13,14). The second-order valence-electron chi connectivity index (χ2n) is 3.44. The molecular formula is C9H11F2NO3. The molecule has 6 heteroatoms. The number of aromatic nitrogens is 1. The van der Waals surface area contributed by atoms with Crippen LogP contribution in [0.1, 0.15) is 41.9 Å². The van der Waals surface area contributed by atoms with Crippen LogP contribution in [0.15, 0.2) is 4.42 Å². The van der Waals surface area contributed by atoms with Crippen molar-refractivity contribution < 1.29 is 23.1 Å². The molecular weight excluding hydrogens is 208 g/mol. The van der Waals surface area contributed by atoms with E-state index in [9.17, 15) is 13.6 Å². The molecule has 0 aliphatic rings. The predicted molar refractivity (Wildman–Crippen MR) is 47.2 cm³/mol. The predicted octanol–water partition coefficient (Wildman–Crippen LogP) is 2.44. The van der Waals surface area contributed by atoms with Crippen molar-refractivity contribution in [3.63, 3.8) is 0 Å². The number of carboxylic acid groups (broad SMARTS) is 1. The minimum Gasteiger partial charge on any atom is -0.476 e. The number of alkyl halides is 2. The van der Waals surface area contributed by atoms with Gasteiger partial charge in [0.25, 0.3) is 5.92 Å². The Labute approximate surface area is 84.9 Å². The number of oxazole rings is 1. The Morgan fingerprint density at radius 2 is 2.13 bits per heavy atom. The van der Waals surface area contributed by atoms with Crippen LogP contribution in [-0.2, 0) is 0 Å². The summed E-state index contributed by atoms with van der Waals surface area (Å²) in [6.07, 6.45) is 0. The average Bonchev–Trinajstić information content (AvgIpc) is 2.44. The van der Waals surface area contributed by atoms with Gasteiger partial charge in [0, 0.05) is 6.92 Å². The molecule has 0 fully saturated rings. The summed E-state index contributed by atoms with van der Waals surface area (Å²) in [5.41, 5.74) is -0.318. The van der Waals surface area contributed by atoms with Crippen LogP contribution in [0.2, 0.25) is 0 Å². The van der Waals surface area contributed by atoms with Gasteiger partial charge in [0.2, 0.25) is 5.89 Å². The van der Waals surface area contributed by atoms with Gasteiger partial charge in [-0.25, -0.2) is 18.6 Å². The molecule has 1 aromatic heterocycles. The van der Waals surface area contributed by atoms with Crippen molar-refractivity contribution in [2.75, 3.05) is 0 Å². The average molecular weight is 219 g/mol. The largest absolute Gasteiger partial charge is 0.476 e. The number of nitrogens with zero attached hydrogens (tertiary/aromatic N) is 1. The fraction of sp³-hybridized carbons (Fsp3) is 0.556. The normalized spacial score (nSPS) is 13.9. The van der Waals surface area contributed by atoms with Gasteiger partial charge >= 0.3 is 5.97 Å². The molecule has 0 aliphatic heterocycles. The van der Waals surface area contributed by atoms with Crippen molar-refractivity contribution in [1.82, 2.24) is 4.98 Å². The first kappa shape index (κ1) is 11.6. The summed E-state index contributed by atoms with van der Waals surface area (Å²) >= 11 is 0. The molecule has 0 saturated heterocycles. The Hall–Kier alpha value is -1.46. The maximum Gasteiger partial charge on any atom is 0.358 e. The molecule has 1 N–H and O–H groups in total. The third-order valence-electron chi connectivity index (χ3n) is 2.15. The first-order valence-electron chi connectivity index (χ1n) is 4.32. The molecule has 0 amide bonds. The summed E-state index contributed by atoms with van der Waals surface area (Å²) in [7, 11) is 0. The lowest BCUT2D eigenvalue weighted by Crippen LogP contribution is -2.19. The smallest absolute Gasteiger partial charge is 0.358 e. The number of halogens is 2. The van der Waals surface area contributed by atoms with Crippen molar-refractivity contribution in [3.05, 3.63) is 17.3 Å². The van der Waals surface area contributed by atoms with Gasteiger partial charge in [0.1, 0.15) is 5.76 Å². The molecule has 1 rings (SSSR count). The van der Waals surface area contributed by atoms with E-state index in [2.05, 4.69) is 4.98 Å². The quantitative estimate of drug-likeness (QED) is 0.847. The fourth-order valence-electron chi connectivity index (χ4n) is 1.02. The Kier molecular flexibility index (Phi) is 2.79. The number of carboxylic acids is 1. The summed E-state index contributed by atoms with van der Waals surface area (Å²) in [6.45, 7) is 3.34. The lowest BCUT2D eigenvalue weighted by Gasteiger charge is -2.15. The van der Waals surface area contributed by atoms with Gasteiger partial charge in [-0.1, -0.05) is 0 Å². The minimum absolute atomic E-state index is 0.0357. The van der Waals surface area contributed by atoms with Crippen LogP contribution in [0.25, 0.3) is 0 Å². The van der Waals surface area contributed by atoms with Crippen LogP contribution in [0, 0.1) is 6.92 Å². The zero-order valence-electron chi connectivity index (χ0n) is 8.54. The van der Waals surface area contributed by atoms with E-state index in [1.807, 2.05) is 0 Å². The molecule has 0 radical (unpaired) electrons. The molecule has 0 aliphatic carbocycles.